The number of nitrogens with two attached hydrogens (primary N) is 1. The Balaban J connectivity index is 2.01. The van der Waals surface area contributed by atoms with Crippen LogP contribution in [-0.2, 0) is 26.8 Å². The van der Waals surface area contributed by atoms with Crippen molar-refractivity contribution in [3.8, 4) is 0 Å². The van der Waals surface area contributed by atoms with Gasteiger partial charge in [-0.3, -0.25) is 9.36 Å². The third-order valence-corrected chi connectivity index (χ3v) is 4.48. The normalized spacial score (nSPS) is 18.1. The first-order valence-electron chi connectivity index (χ1n) is 7.62. The van der Waals surface area contributed by atoms with Gasteiger partial charge < -0.3 is 25.2 Å². The van der Waals surface area contributed by atoms with E-state index in [0.717, 1.165) is 18.4 Å². The molecule has 0 radical (unpaired) electrons. The largest absolute Gasteiger partial charge is 0.368 e. The molecule has 1 aromatic carbocycles. The number of hydrogen-bond donors (Lipinski definition) is 3. The molecule has 1 atom stereocenters. The minimum Gasteiger partial charge on any atom is -0.368 e. The minimum atomic E-state index is -4.07. The van der Waals surface area contributed by atoms with E-state index in [1.54, 1.807) is 29.2 Å². The Morgan fingerprint density at radius 1 is 1.30 bits per heavy atom. The maximum absolute atomic E-state index is 12.4. The predicted molar refractivity (Wildman–Crippen MR) is 85.6 cm³/mol. The minimum absolute atomic E-state index is 0.0488. The van der Waals surface area contributed by atoms with Gasteiger partial charge in [-0.25, -0.2) is 0 Å². The summed E-state index contributed by atoms with van der Waals surface area (Å²) >= 11 is 0. The van der Waals surface area contributed by atoms with E-state index >= 15 is 0 Å². The molecule has 23 heavy (non-hydrogen) atoms. The fourth-order valence-electron chi connectivity index (χ4n) is 2.61. The van der Waals surface area contributed by atoms with Gasteiger partial charge in [0.15, 0.2) is 0 Å². The van der Waals surface area contributed by atoms with E-state index in [9.17, 15) is 9.36 Å². The Bertz CT molecular complexity index is 566. The highest BCUT2D eigenvalue weighted by atomic mass is 31.2. The lowest BCUT2D eigenvalue weighted by Crippen LogP contribution is -2.41. The molecule has 1 aliphatic rings. The van der Waals surface area contributed by atoms with Crippen molar-refractivity contribution in [2.24, 2.45) is 5.73 Å². The lowest BCUT2D eigenvalue weighted by atomic mass is 10.1. The molecule has 1 fully saturated rings. The predicted octanol–water partition coefficient (Wildman–Crippen LogP) is 0.831. The summed E-state index contributed by atoms with van der Waals surface area (Å²) in [4.78, 5) is 32.1. The van der Waals surface area contributed by atoms with Crippen LogP contribution in [0.3, 0.4) is 0 Å². The summed E-state index contributed by atoms with van der Waals surface area (Å²) in [6.45, 7) is 1.84. The molecule has 1 amide bonds. The van der Waals surface area contributed by atoms with Crippen LogP contribution in [0.15, 0.2) is 24.3 Å². The van der Waals surface area contributed by atoms with E-state index in [1.807, 2.05) is 0 Å². The lowest BCUT2D eigenvalue weighted by Gasteiger charge is -2.25. The fraction of sp³-hybridized carbons (Fsp3) is 0.533. The smallest absolute Gasteiger partial charge is 0.329 e. The van der Waals surface area contributed by atoms with Crippen LogP contribution in [0, 0.1) is 0 Å². The summed E-state index contributed by atoms with van der Waals surface area (Å²) in [6.07, 6.45) is 0.968. The van der Waals surface area contributed by atoms with E-state index in [1.165, 1.54) is 0 Å². The average molecular weight is 342 g/mol. The van der Waals surface area contributed by atoms with Gasteiger partial charge in [0.2, 0.25) is 0 Å². The van der Waals surface area contributed by atoms with Crippen molar-refractivity contribution in [3.05, 3.63) is 35.4 Å². The summed E-state index contributed by atoms with van der Waals surface area (Å²) < 4.78 is 16.4. The monoisotopic (exact) mass is 342 g/mol. The molecule has 1 unspecified atom stereocenters. The van der Waals surface area contributed by atoms with Gasteiger partial charge in [0.1, 0.15) is 6.10 Å². The van der Waals surface area contributed by atoms with E-state index in [0.29, 0.717) is 31.8 Å². The number of hydrogen-bond acceptors (Lipinski definition) is 4. The maximum atomic E-state index is 12.4. The molecular weight excluding hydrogens is 319 g/mol. The molecule has 1 heterocycles. The van der Waals surface area contributed by atoms with Crippen LogP contribution >= 0.6 is 7.60 Å². The van der Waals surface area contributed by atoms with Crippen LogP contribution < -0.4 is 5.73 Å². The molecule has 1 aromatic rings. The molecule has 0 saturated carbocycles. The van der Waals surface area contributed by atoms with Crippen molar-refractivity contribution in [3.63, 3.8) is 0 Å². The van der Waals surface area contributed by atoms with E-state index in [2.05, 4.69) is 0 Å². The summed E-state index contributed by atoms with van der Waals surface area (Å²) in [5, 5.41) is 0. The number of ether oxygens (including phenoxy) is 1. The summed E-state index contributed by atoms with van der Waals surface area (Å²) in [6, 6.07) is 6.89. The van der Waals surface area contributed by atoms with Crippen LogP contribution in [0.5, 0.6) is 0 Å². The topological polar surface area (TPSA) is 113 Å². The van der Waals surface area contributed by atoms with Crippen LogP contribution in [0.2, 0.25) is 0 Å². The molecule has 7 nitrogen and oxygen atoms in total. The molecular formula is C15H23N2O5P. The van der Waals surface area contributed by atoms with Crippen molar-refractivity contribution in [1.29, 1.82) is 0 Å². The van der Waals surface area contributed by atoms with Crippen molar-refractivity contribution in [1.82, 2.24) is 4.90 Å². The Hall–Kier alpha value is -1.24. The first kappa shape index (κ1) is 18.1. The Morgan fingerprint density at radius 3 is 2.48 bits per heavy atom. The number of carbonyl (C=O) groups excluding carboxylic acids is 1. The molecule has 8 heteroatoms. The maximum Gasteiger partial charge on any atom is 0.329 e. The fourth-order valence-corrected chi connectivity index (χ4v) is 3.29. The average Bonchev–Trinajstić information content (AvgIpc) is 3.01. The SMILES string of the molecule is NCCN(Cc1ccc(CP(=O)(O)O)cc1)C(=O)C1CCCO1. The third kappa shape index (κ3) is 5.71. The van der Waals surface area contributed by atoms with Crippen LogP contribution in [-0.4, -0.2) is 46.4 Å². The van der Waals surface area contributed by atoms with Gasteiger partial charge in [-0.15, -0.1) is 0 Å². The van der Waals surface area contributed by atoms with Gasteiger partial charge in [0.05, 0.1) is 6.16 Å². The first-order valence-corrected chi connectivity index (χ1v) is 9.41. The van der Waals surface area contributed by atoms with E-state index in [4.69, 9.17) is 20.3 Å². The van der Waals surface area contributed by atoms with Crippen molar-refractivity contribution in [2.75, 3.05) is 19.7 Å². The number of rotatable bonds is 7. The number of carbonyl (C=O) groups is 1. The van der Waals surface area contributed by atoms with Gasteiger partial charge >= 0.3 is 7.60 Å². The van der Waals surface area contributed by atoms with Gasteiger partial charge in [0, 0.05) is 26.2 Å². The molecule has 4 N–H and O–H groups in total. The summed E-state index contributed by atoms with van der Waals surface area (Å²) in [5.74, 6) is -0.0488. The zero-order valence-electron chi connectivity index (χ0n) is 12.9. The molecule has 2 rings (SSSR count). The zero-order valence-corrected chi connectivity index (χ0v) is 13.8. The molecule has 1 saturated heterocycles. The molecule has 1 aliphatic heterocycles. The van der Waals surface area contributed by atoms with Crippen molar-refractivity contribution < 1.29 is 23.9 Å². The van der Waals surface area contributed by atoms with E-state index in [-0.39, 0.29) is 18.2 Å². The van der Waals surface area contributed by atoms with Gasteiger partial charge in [0.25, 0.3) is 5.91 Å². The second-order valence-electron chi connectivity index (χ2n) is 5.69. The summed E-state index contributed by atoms with van der Waals surface area (Å²) in [7, 11) is -4.07. The lowest BCUT2D eigenvalue weighted by molar-refractivity contribution is -0.141. The second kappa shape index (κ2) is 8.04. The van der Waals surface area contributed by atoms with Crippen molar-refractivity contribution in [2.45, 2.75) is 31.7 Å². The molecule has 128 valence electrons. The quantitative estimate of drug-likeness (QED) is 0.633. The van der Waals surface area contributed by atoms with Gasteiger partial charge in [-0.2, -0.15) is 0 Å². The number of benzene rings is 1. The number of amides is 1. The zero-order chi connectivity index (χ0) is 16.9. The molecule has 0 aliphatic carbocycles. The highest BCUT2D eigenvalue weighted by Crippen LogP contribution is 2.38. The van der Waals surface area contributed by atoms with Crippen LogP contribution in [0.1, 0.15) is 24.0 Å². The Morgan fingerprint density at radius 2 is 1.96 bits per heavy atom. The van der Waals surface area contributed by atoms with Gasteiger partial charge in [-0.1, -0.05) is 24.3 Å². The highest BCUT2D eigenvalue weighted by molar-refractivity contribution is 7.50. The number of nitrogens with zero attached hydrogens (tertiary/aromatic N) is 1. The van der Waals surface area contributed by atoms with Crippen LogP contribution in [0.25, 0.3) is 0 Å². The van der Waals surface area contributed by atoms with Gasteiger partial charge in [-0.05, 0) is 24.0 Å². The Kier molecular flexibility index (Phi) is 6.33. The summed E-state index contributed by atoms with van der Waals surface area (Å²) in [5.41, 5.74) is 7.05. The standard InChI is InChI=1S/C15H23N2O5P/c16-7-8-17(15(18)14-2-1-9-22-14)10-12-3-5-13(6-4-12)11-23(19,20)21/h3-6,14H,1-2,7-11,16H2,(H2,19,20,21). The van der Waals surface area contributed by atoms with Crippen LogP contribution in [0.4, 0.5) is 0 Å². The molecule has 0 bridgehead atoms. The molecule has 0 spiro atoms. The molecule has 0 aromatic heterocycles. The first-order chi connectivity index (χ1) is 10.9. The highest BCUT2D eigenvalue weighted by Gasteiger charge is 2.28. The van der Waals surface area contributed by atoms with Crippen molar-refractivity contribution >= 4 is 13.5 Å². The van der Waals surface area contributed by atoms with E-state index < -0.39 is 7.60 Å². The second-order valence-corrected chi connectivity index (χ2v) is 7.34. The third-order valence-electron chi connectivity index (χ3n) is 3.70. The Labute approximate surface area is 135 Å².